The molecule has 1 unspecified atom stereocenters. The summed E-state index contributed by atoms with van der Waals surface area (Å²) >= 11 is 0. The molecule has 0 aromatic heterocycles. The van der Waals surface area contributed by atoms with Crippen LogP contribution < -0.4 is 21.4 Å². The summed E-state index contributed by atoms with van der Waals surface area (Å²) in [6, 6.07) is 11.8. The van der Waals surface area contributed by atoms with Gasteiger partial charge in [-0.3, -0.25) is 24.3 Å². The normalized spacial score (nSPS) is 18.0. The molecule has 0 spiro atoms. The number of ether oxygens (including phenoxy) is 1. The molecule has 0 saturated carbocycles. The number of nitrogens with one attached hydrogen (secondary N) is 2. The Labute approximate surface area is 208 Å². The third kappa shape index (κ3) is 6.64. The molecule has 2 aliphatic rings. The predicted octanol–water partition coefficient (Wildman–Crippen LogP) is 1.22. The van der Waals surface area contributed by atoms with Crippen molar-refractivity contribution in [3.63, 3.8) is 0 Å². The van der Waals surface area contributed by atoms with E-state index in [1.54, 1.807) is 18.2 Å². The van der Waals surface area contributed by atoms with Gasteiger partial charge >= 0.3 is 0 Å². The van der Waals surface area contributed by atoms with Crippen LogP contribution in [0.5, 0.6) is 0 Å². The van der Waals surface area contributed by atoms with Gasteiger partial charge in [0.15, 0.2) is 0 Å². The molecule has 36 heavy (non-hydrogen) atoms. The molecule has 4 rings (SSSR count). The van der Waals surface area contributed by atoms with Gasteiger partial charge in [0.25, 0.3) is 5.91 Å². The van der Waals surface area contributed by atoms with Crippen molar-refractivity contribution in [1.29, 1.82) is 0 Å². The predicted molar refractivity (Wildman–Crippen MR) is 133 cm³/mol. The highest BCUT2D eigenvalue weighted by Crippen LogP contribution is 2.25. The number of rotatable bonds is 9. The van der Waals surface area contributed by atoms with Crippen LogP contribution in [0.2, 0.25) is 0 Å². The fraction of sp³-hybridized carbons (Fsp3) is 0.360. The van der Waals surface area contributed by atoms with E-state index in [0.29, 0.717) is 37.6 Å². The Kier molecular flexibility index (Phi) is 8.24. The molecule has 1 saturated heterocycles. The third-order valence-corrected chi connectivity index (χ3v) is 6.01. The largest absolute Gasteiger partial charge is 0.379 e. The van der Waals surface area contributed by atoms with Crippen molar-refractivity contribution < 1.29 is 23.5 Å². The van der Waals surface area contributed by atoms with E-state index in [-0.39, 0.29) is 24.6 Å². The minimum atomic E-state index is -0.841. The van der Waals surface area contributed by atoms with Gasteiger partial charge in [0, 0.05) is 44.7 Å². The van der Waals surface area contributed by atoms with Crippen LogP contribution in [0.25, 0.3) is 0 Å². The van der Waals surface area contributed by atoms with Crippen LogP contribution in [-0.4, -0.2) is 67.2 Å². The van der Waals surface area contributed by atoms with E-state index in [1.165, 1.54) is 29.3 Å². The highest BCUT2D eigenvalue weighted by molar-refractivity contribution is 6.40. The van der Waals surface area contributed by atoms with Crippen LogP contribution in [0, 0.1) is 5.82 Å². The average Bonchev–Trinajstić information content (AvgIpc) is 3.33. The fourth-order valence-electron chi connectivity index (χ4n) is 4.05. The van der Waals surface area contributed by atoms with Crippen LogP contribution in [0.1, 0.15) is 18.4 Å². The molecule has 2 aromatic carbocycles. The van der Waals surface area contributed by atoms with Gasteiger partial charge in [0.1, 0.15) is 17.6 Å². The van der Waals surface area contributed by atoms with Crippen molar-refractivity contribution in [1.82, 2.24) is 10.2 Å². The van der Waals surface area contributed by atoms with E-state index < -0.39 is 23.7 Å². The van der Waals surface area contributed by atoms with Crippen LogP contribution in [0.4, 0.5) is 15.8 Å². The molecule has 2 aromatic rings. The van der Waals surface area contributed by atoms with Gasteiger partial charge in [0.2, 0.25) is 11.8 Å². The molecule has 0 bridgehead atoms. The second-order valence-corrected chi connectivity index (χ2v) is 8.63. The van der Waals surface area contributed by atoms with Crippen molar-refractivity contribution >= 4 is 34.8 Å². The highest BCUT2D eigenvalue weighted by atomic mass is 19.1. The number of hydrogen-bond donors (Lipinski definition) is 3. The van der Waals surface area contributed by atoms with Crippen molar-refractivity contribution in [2.45, 2.75) is 25.4 Å². The maximum absolute atomic E-state index is 13.3. The number of amides is 3. The molecule has 2 heterocycles. The monoisotopic (exact) mass is 496 g/mol. The molecule has 0 aliphatic carbocycles. The summed E-state index contributed by atoms with van der Waals surface area (Å²) < 4.78 is 18.6. The van der Waals surface area contributed by atoms with E-state index in [9.17, 15) is 18.8 Å². The Balaban J connectivity index is 1.31. The van der Waals surface area contributed by atoms with Crippen molar-refractivity contribution in [3.05, 3.63) is 59.9 Å². The molecular formula is C25H29FN6O4. The number of morpholine rings is 1. The SMILES string of the molecule is NC(=O)C1CC(C(=O)NCc2cccc(NC(=O)CCN3CCOCC3)c2)=NN1c1ccc(F)cc1. The quantitative estimate of drug-likeness (QED) is 0.479. The van der Waals surface area contributed by atoms with Crippen molar-refractivity contribution in [2.75, 3.05) is 43.2 Å². The lowest BCUT2D eigenvalue weighted by Gasteiger charge is -2.26. The van der Waals surface area contributed by atoms with Gasteiger partial charge in [-0.2, -0.15) is 5.10 Å². The first-order valence-corrected chi connectivity index (χ1v) is 11.8. The van der Waals surface area contributed by atoms with Gasteiger partial charge in [-0.15, -0.1) is 0 Å². The zero-order valence-electron chi connectivity index (χ0n) is 19.8. The zero-order chi connectivity index (χ0) is 25.5. The number of primary amides is 1. The molecule has 2 aliphatic heterocycles. The van der Waals surface area contributed by atoms with Gasteiger partial charge in [-0.1, -0.05) is 12.1 Å². The summed E-state index contributed by atoms with van der Waals surface area (Å²) in [6.07, 6.45) is 0.421. The topological polar surface area (TPSA) is 129 Å². The van der Waals surface area contributed by atoms with E-state index in [0.717, 1.165) is 18.7 Å². The maximum atomic E-state index is 13.3. The summed E-state index contributed by atoms with van der Waals surface area (Å²) in [5.41, 5.74) is 7.54. The summed E-state index contributed by atoms with van der Waals surface area (Å²) in [5.74, 6) is -1.58. The van der Waals surface area contributed by atoms with Crippen molar-refractivity contribution in [2.24, 2.45) is 10.8 Å². The zero-order valence-corrected chi connectivity index (χ0v) is 19.8. The summed E-state index contributed by atoms with van der Waals surface area (Å²) in [6.45, 7) is 3.91. The Bertz CT molecular complexity index is 1130. The summed E-state index contributed by atoms with van der Waals surface area (Å²) in [5, 5.41) is 11.3. The lowest BCUT2D eigenvalue weighted by molar-refractivity contribution is -0.119. The summed E-state index contributed by atoms with van der Waals surface area (Å²) in [4.78, 5) is 39.2. The molecule has 190 valence electrons. The molecule has 4 N–H and O–H groups in total. The Morgan fingerprint density at radius 1 is 1.11 bits per heavy atom. The number of hydrazone groups is 1. The van der Waals surface area contributed by atoms with Crippen LogP contribution in [0.3, 0.4) is 0 Å². The molecular weight excluding hydrogens is 467 g/mol. The van der Waals surface area contributed by atoms with E-state index >= 15 is 0 Å². The molecule has 11 heteroatoms. The highest BCUT2D eigenvalue weighted by Gasteiger charge is 2.34. The molecule has 3 amide bonds. The number of carbonyl (C=O) groups excluding carboxylic acids is 3. The molecule has 1 fully saturated rings. The first-order chi connectivity index (χ1) is 17.4. The summed E-state index contributed by atoms with van der Waals surface area (Å²) in [7, 11) is 0. The standard InChI is InChI=1S/C25H29FN6O4/c26-18-4-6-20(7-5-18)32-22(24(27)34)15-21(30-32)25(35)28-16-17-2-1-3-19(14-17)29-23(33)8-9-31-10-12-36-13-11-31/h1-7,14,22H,8-13,15-16H2,(H2,27,34)(H,28,35)(H,29,33). The number of benzene rings is 2. The smallest absolute Gasteiger partial charge is 0.267 e. The average molecular weight is 497 g/mol. The number of hydrogen-bond acceptors (Lipinski definition) is 7. The Hall–Kier alpha value is -3.83. The van der Waals surface area contributed by atoms with Gasteiger partial charge in [-0.25, -0.2) is 4.39 Å². The number of anilines is 2. The lowest BCUT2D eigenvalue weighted by atomic mass is 10.1. The molecule has 0 radical (unpaired) electrons. The van der Waals surface area contributed by atoms with Crippen LogP contribution in [0.15, 0.2) is 53.6 Å². The van der Waals surface area contributed by atoms with E-state index in [4.69, 9.17) is 10.5 Å². The minimum absolute atomic E-state index is 0.0395. The number of carbonyl (C=O) groups is 3. The maximum Gasteiger partial charge on any atom is 0.267 e. The van der Waals surface area contributed by atoms with Gasteiger partial charge < -0.3 is 21.1 Å². The number of halogens is 1. The molecule has 10 nitrogen and oxygen atoms in total. The fourth-order valence-corrected chi connectivity index (χ4v) is 4.05. The van der Waals surface area contributed by atoms with Gasteiger partial charge in [-0.05, 0) is 42.0 Å². The van der Waals surface area contributed by atoms with Gasteiger partial charge in [0.05, 0.1) is 18.9 Å². The Morgan fingerprint density at radius 3 is 2.58 bits per heavy atom. The lowest BCUT2D eigenvalue weighted by Crippen LogP contribution is -2.39. The number of nitrogens with two attached hydrogens (primary N) is 1. The molecule has 1 atom stereocenters. The number of nitrogens with zero attached hydrogens (tertiary/aromatic N) is 3. The van der Waals surface area contributed by atoms with Crippen LogP contribution in [-0.2, 0) is 25.7 Å². The second-order valence-electron chi connectivity index (χ2n) is 8.63. The minimum Gasteiger partial charge on any atom is -0.379 e. The Morgan fingerprint density at radius 2 is 1.86 bits per heavy atom. The first kappa shape index (κ1) is 25.3. The first-order valence-electron chi connectivity index (χ1n) is 11.8. The third-order valence-electron chi connectivity index (χ3n) is 6.01. The van der Waals surface area contributed by atoms with Crippen molar-refractivity contribution in [3.8, 4) is 0 Å². The van der Waals surface area contributed by atoms with E-state index in [1.807, 2.05) is 6.07 Å². The van der Waals surface area contributed by atoms with Crippen LogP contribution >= 0.6 is 0 Å². The second kappa shape index (κ2) is 11.7. The van der Waals surface area contributed by atoms with E-state index in [2.05, 4.69) is 20.6 Å².